The minimum absolute atomic E-state index is 0.0187. The molecule has 1 aliphatic carbocycles. The number of rotatable bonds is 8. The fraction of sp³-hybridized carbons (Fsp3) is 0.762. The summed E-state index contributed by atoms with van der Waals surface area (Å²) in [4.78, 5) is 29.4. The highest BCUT2D eigenvalue weighted by Gasteiger charge is 2.37. The van der Waals surface area contributed by atoms with Crippen molar-refractivity contribution in [2.45, 2.75) is 57.2 Å². The second-order valence-corrected chi connectivity index (χ2v) is 8.49. The maximum Gasteiger partial charge on any atom is 0.241 e. The molecule has 8 nitrogen and oxygen atoms in total. The molecule has 1 N–H and O–H groups in total. The topological polar surface area (TPSA) is 79.7 Å². The summed E-state index contributed by atoms with van der Waals surface area (Å²) < 4.78 is 7.20. The number of carbonyl (C=O) groups is 2. The van der Waals surface area contributed by atoms with Gasteiger partial charge in [-0.2, -0.15) is 5.10 Å². The van der Waals surface area contributed by atoms with Gasteiger partial charge in [0, 0.05) is 69.8 Å². The lowest BCUT2D eigenvalue weighted by molar-refractivity contribution is -0.135. The summed E-state index contributed by atoms with van der Waals surface area (Å²) in [6.45, 7) is 4.99. The van der Waals surface area contributed by atoms with Gasteiger partial charge < -0.3 is 15.0 Å². The van der Waals surface area contributed by atoms with Crippen molar-refractivity contribution in [1.29, 1.82) is 0 Å². The maximum absolute atomic E-state index is 12.6. The molecule has 4 rings (SSSR count). The van der Waals surface area contributed by atoms with Crippen LogP contribution in [0.5, 0.6) is 0 Å². The molecule has 1 unspecified atom stereocenters. The van der Waals surface area contributed by atoms with Crippen molar-refractivity contribution in [2.75, 3.05) is 39.4 Å². The van der Waals surface area contributed by atoms with Gasteiger partial charge in [0.15, 0.2) is 0 Å². The molecule has 8 heteroatoms. The van der Waals surface area contributed by atoms with Crippen molar-refractivity contribution >= 4 is 11.8 Å². The summed E-state index contributed by atoms with van der Waals surface area (Å²) in [5, 5.41) is 7.12. The highest BCUT2D eigenvalue weighted by atomic mass is 16.5. The van der Waals surface area contributed by atoms with Crippen LogP contribution in [0.15, 0.2) is 18.5 Å². The van der Waals surface area contributed by atoms with Gasteiger partial charge in [-0.05, 0) is 44.6 Å². The van der Waals surface area contributed by atoms with Gasteiger partial charge in [0.2, 0.25) is 11.8 Å². The van der Waals surface area contributed by atoms with Crippen LogP contribution >= 0.6 is 0 Å². The van der Waals surface area contributed by atoms with Gasteiger partial charge in [0.1, 0.15) is 6.54 Å². The standard InChI is InChI=1S/C21H33N5O3/c27-20(16-25-11-2-8-23-25)22-9-12-26(18-6-13-29-14-7-18)19-3-1-10-24(15-19)21(28)17-4-5-17/h2,8,11,17-19H,1,3-7,9-10,12-16H2,(H,22,27). The Morgan fingerprint density at radius 3 is 2.69 bits per heavy atom. The summed E-state index contributed by atoms with van der Waals surface area (Å²) in [5.74, 6) is 0.621. The van der Waals surface area contributed by atoms with E-state index in [0.717, 1.165) is 71.4 Å². The van der Waals surface area contributed by atoms with Crippen LogP contribution in [0.2, 0.25) is 0 Å². The van der Waals surface area contributed by atoms with Gasteiger partial charge in [-0.25, -0.2) is 0 Å². The molecule has 2 aliphatic heterocycles. The molecule has 2 amide bonds. The fourth-order valence-electron chi connectivity index (χ4n) is 4.62. The monoisotopic (exact) mass is 403 g/mol. The zero-order valence-electron chi connectivity index (χ0n) is 17.2. The first-order chi connectivity index (χ1) is 14.2. The molecule has 0 aromatic carbocycles. The molecular weight excluding hydrogens is 370 g/mol. The van der Waals surface area contributed by atoms with Crippen LogP contribution in [0.3, 0.4) is 0 Å². The van der Waals surface area contributed by atoms with Crippen LogP contribution < -0.4 is 5.32 Å². The van der Waals surface area contributed by atoms with Gasteiger partial charge in [-0.15, -0.1) is 0 Å². The van der Waals surface area contributed by atoms with Gasteiger partial charge in [-0.1, -0.05) is 0 Å². The molecule has 1 aromatic rings. The lowest BCUT2D eigenvalue weighted by Crippen LogP contribution is -2.55. The number of piperidine rings is 1. The molecular formula is C21H33N5O3. The number of carbonyl (C=O) groups excluding carboxylic acids is 2. The van der Waals surface area contributed by atoms with E-state index in [0.29, 0.717) is 24.5 Å². The van der Waals surface area contributed by atoms with Crippen LogP contribution in [0.1, 0.15) is 38.5 Å². The van der Waals surface area contributed by atoms with Gasteiger partial charge in [0.05, 0.1) is 0 Å². The lowest BCUT2D eigenvalue weighted by Gasteiger charge is -2.44. The Morgan fingerprint density at radius 1 is 1.14 bits per heavy atom. The molecule has 0 bridgehead atoms. The Balaban J connectivity index is 1.32. The number of aromatic nitrogens is 2. The van der Waals surface area contributed by atoms with Crippen molar-refractivity contribution < 1.29 is 14.3 Å². The molecule has 160 valence electrons. The van der Waals surface area contributed by atoms with Crippen molar-refractivity contribution in [3.8, 4) is 0 Å². The van der Waals surface area contributed by atoms with E-state index in [-0.39, 0.29) is 18.4 Å². The molecule has 2 saturated heterocycles. The molecule has 3 aliphatic rings. The number of nitrogens with one attached hydrogen (secondary N) is 1. The summed E-state index contributed by atoms with van der Waals surface area (Å²) in [5.41, 5.74) is 0. The quantitative estimate of drug-likeness (QED) is 0.697. The molecule has 3 heterocycles. The second-order valence-electron chi connectivity index (χ2n) is 8.49. The lowest BCUT2D eigenvalue weighted by atomic mass is 9.98. The van der Waals surface area contributed by atoms with E-state index < -0.39 is 0 Å². The van der Waals surface area contributed by atoms with Crippen molar-refractivity contribution in [2.24, 2.45) is 5.92 Å². The van der Waals surface area contributed by atoms with E-state index >= 15 is 0 Å². The van der Waals surface area contributed by atoms with Crippen LogP contribution in [-0.4, -0.2) is 82.9 Å². The molecule has 0 radical (unpaired) electrons. The SMILES string of the molecule is O=C(Cn1cccn1)NCCN(C1CCOCC1)C1CCCN(C(=O)C2CC2)C1. The first kappa shape index (κ1) is 20.3. The summed E-state index contributed by atoms with van der Waals surface area (Å²) in [6, 6.07) is 2.66. The predicted molar refractivity (Wildman–Crippen MR) is 108 cm³/mol. The third-order valence-corrected chi connectivity index (χ3v) is 6.32. The zero-order chi connectivity index (χ0) is 20.1. The summed E-state index contributed by atoms with van der Waals surface area (Å²) >= 11 is 0. The molecule has 29 heavy (non-hydrogen) atoms. The fourth-order valence-corrected chi connectivity index (χ4v) is 4.62. The third-order valence-electron chi connectivity index (χ3n) is 6.32. The average molecular weight is 404 g/mol. The van der Waals surface area contributed by atoms with E-state index in [1.807, 2.05) is 6.07 Å². The van der Waals surface area contributed by atoms with E-state index in [1.165, 1.54) is 0 Å². The number of amides is 2. The molecule has 1 aromatic heterocycles. The smallest absolute Gasteiger partial charge is 0.241 e. The Morgan fingerprint density at radius 2 is 1.97 bits per heavy atom. The van der Waals surface area contributed by atoms with Gasteiger partial charge >= 0.3 is 0 Å². The first-order valence-electron chi connectivity index (χ1n) is 11.1. The highest BCUT2D eigenvalue weighted by molar-refractivity contribution is 5.81. The normalized spacial score (nSPS) is 23.3. The summed E-state index contributed by atoms with van der Waals surface area (Å²) in [7, 11) is 0. The Hall–Kier alpha value is -1.93. The molecule has 1 saturated carbocycles. The number of hydrogen-bond donors (Lipinski definition) is 1. The number of hydrogen-bond acceptors (Lipinski definition) is 5. The minimum Gasteiger partial charge on any atom is -0.381 e. The van der Waals surface area contributed by atoms with Crippen molar-refractivity contribution in [1.82, 2.24) is 24.9 Å². The van der Waals surface area contributed by atoms with Crippen LogP contribution in [-0.2, 0) is 20.9 Å². The van der Waals surface area contributed by atoms with E-state index in [4.69, 9.17) is 4.74 Å². The Labute approximate surface area is 172 Å². The number of ether oxygens (including phenoxy) is 1. The van der Waals surface area contributed by atoms with Crippen molar-refractivity contribution in [3.63, 3.8) is 0 Å². The molecule has 3 fully saturated rings. The number of nitrogens with zero attached hydrogens (tertiary/aromatic N) is 4. The average Bonchev–Trinajstić information content (AvgIpc) is 3.48. The maximum atomic E-state index is 12.6. The second kappa shape index (κ2) is 9.71. The van der Waals surface area contributed by atoms with Crippen molar-refractivity contribution in [3.05, 3.63) is 18.5 Å². The van der Waals surface area contributed by atoms with Gasteiger partial charge in [0.25, 0.3) is 0 Å². The molecule has 1 atom stereocenters. The third kappa shape index (κ3) is 5.57. The minimum atomic E-state index is -0.0187. The van der Waals surface area contributed by atoms with E-state index in [2.05, 4.69) is 20.2 Å². The Bertz CT molecular complexity index is 670. The van der Waals surface area contributed by atoms with E-state index in [9.17, 15) is 9.59 Å². The van der Waals surface area contributed by atoms with Crippen LogP contribution in [0.4, 0.5) is 0 Å². The predicted octanol–water partition coefficient (Wildman–Crippen LogP) is 0.881. The molecule has 0 spiro atoms. The Kier molecular flexibility index (Phi) is 6.82. The number of likely N-dealkylation sites (tertiary alicyclic amines) is 1. The highest BCUT2D eigenvalue weighted by Crippen LogP contribution is 2.32. The van der Waals surface area contributed by atoms with E-state index in [1.54, 1.807) is 17.1 Å². The van der Waals surface area contributed by atoms with Crippen LogP contribution in [0.25, 0.3) is 0 Å². The van der Waals surface area contributed by atoms with Crippen LogP contribution in [0, 0.1) is 5.92 Å². The van der Waals surface area contributed by atoms with Gasteiger partial charge in [-0.3, -0.25) is 19.2 Å². The zero-order valence-corrected chi connectivity index (χ0v) is 17.2. The summed E-state index contributed by atoms with van der Waals surface area (Å²) in [6.07, 6.45) is 9.82. The largest absolute Gasteiger partial charge is 0.381 e. The first-order valence-corrected chi connectivity index (χ1v) is 11.1.